The predicted octanol–water partition coefficient (Wildman–Crippen LogP) is 2.56. The Morgan fingerprint density at radius 2 is 2.06 bits per heavy atom. The first-order chi connectivity index (χ1) is 8.34. The summed E-state index contributed by atoms with van der Waals surface area (Å²) in [6, 6.07) is 11.5. The maximum atomic E-state index is 10.2. The molecule has 3 heteroatoms. The van der Waals surface area contributed by atoms with Crippen LogP contribution in [0.5, 0.6) is 5.75 Å². The van der Waals surface area contributed by atoms with Gasteiger partial charge in [-0.05, 0) is 30.2 Å². The fourth-order valence-corrected chi connectivity index (χ4v) is 2.25. The number of furan rings is 1. The van der Waals surface area contributed by atoms with E-state index in [1.807, 2.05) is 24.3 Å². The smallest absolute Gasteiger partial charge is 0.132 e. The van der Waals surface area contributed by atoms with E-state index in [0.717, 1.165) is 17.7 Å². The number of aliphatic hydroxyl groups excluding tert-OH is 1. The zero-order valence-corrected chi connectivity index (χ0v) is 9.37. The summed E-state index contributed by atoms with van der Waals surface area (Å²) in [5.41, 5.74) is 1.15. The van der Waals surface area contributed by atoms with Crippen LogP contribution < -0.4 is 4.74 Å². The van der Waals surface area contributed by atoms with Gasteiger partial charge in [-0.3, -0.25) is 0 Å². The Balaban J connectivity index is 1.80. The molecule has 0 amide bonds. The molecule has 0 aliphatic carbocycles. The zero-order valence-electron chi connectivity index (χ0n) is 9.37. The number of hydrogen-bond donors (Lipinski definition) is 1. The molecule has 0 radical (unpaired) electrons. The third-order valence-electron chi connectivity index (χ3n) is 3.19. The van der Waals surface area contributed by atoms with E-state index in [4.69, 9.17) is 9.15 Å². The standard InChI is InChI=1S/C14H14O3/c15-14(13-6-3-7-16-13)11-8-10-4-1-2-5-12(10)17-9-11/h1-7,11,14-15H,8-9H2. The van der Waals surface area contributed by atoms with Crippen molar-refractivity contribution in [3.63, 3.8) is 0 Å². The second kappa shape index (κ2) is 4.26. The second-order valence-corrected chi connectivity index (χ2v) is 4.34. The van der Waals surface area contributed by atoms with Crippen LogP contribution in [-0.4, -0.2) is 11.7 Å². The van der Waals surface area contributed by atoms with Crippen LogP contribution in [0, 0.1) is 5.92 Å². The Bertz CT molecular complexity index is 490. The van der Waals surface area contributed by atoms with Crippen LogP contribution in [-0.2, 0) is 6.42 Å². The third kappa shape index (κ3) is 1.94. The summed E-state index contributed by atoms with van der Waals surface area (Å²) in [7, 11) is 0. The Kier molecular flexibility index (Phi) is 2.61. The van der Waals surface area contributed by atoms with Gasteiger partial charge in [0, 0.05) is 5.92 Å². The van der Waals surface area contributed by atoms with Crippen molar-refractivity contribution in [2.24, 2.45) is 5.92 Å². The molecule has 88 valence electrons. The Morgan fingerprint density at radius 1 is 1.18 bits per heavy atom. The number of rotatable bonds is 2. The van der Waals surface area contributed by atoms with Crippen LogP contribution in [0.4, 0.5) is 0 Å². The Morgan fingerprint density at radius 3 is 2.88 bits per heavy atom. The van der Waals surface area contributed by atoms with Gasteiger partial charge >= 0.3 is 0 Å². The first kappa shape index (κ1) is 10.4. The zero-order chi connectivity index (χ0) is 11.7. The minimum Gasteiger partial charge on any atom is -0.493 e. The maximum Gasteiger partial charge on any atom is 0.132 e. The fourth-order valence-electron chi connectivity index (χ4n) is 2.25. The van der Waals surface area contributed by atoms with Gasteiger partial charge in [0.25, 0.3) is 0 Å². The van der Waals surface area contributed by atoms with Gasteiger partial charge < -0.3 is 14.3 Å². The monoisotopic (exact) mass is 230 g/mol. The number of hydrogen-bond acceptors (Lipinski definition) is 3. The van der Waals surface area contributed by atoms with Gasteiger partial charge in [-0.15, -0.1) is 0 Å². The quantitative estimate of drug-likeness (QED) is 0.862. The summed E-state index contributed by atoms with van der Waals surface area (Å²) in [5, 5.41) is 10.2. The summed E-state index contributed by atoms with van der Waals surface area (Å²) in [6.45, 7) is 0.527. The van der Waals surface area contributed by atoms with Gasteiger partial charge in [-0.2, -0.15) is 0 Å². The van der Waals surface area contributed by atoms with Crippen molar-refractivity contribution >= 4 is 0 Å². The highest BCUT2D eigenvalue weighted by Gasteiger charge is 2.28. The minimum atomic E-state index is -0.599. The van der Waals surface area contributed by atoms with Crippen molar-refractivity contribution in [3.05, 3.63) is 54.0 Å². The first-order valence-corrected chi connectivity index (χ1v) is 5.77. The number of para-hydroxylation sites is 1. The average molecular weight is 230 g/mol. The van der Waals surface area contributed by atoms with Gasteiger partial charge in [0.05, 0.1) is 12.9 Å². The van der Waals surface area contributed by atoms with Gasteiger partial charge in [0.2, 0.25) is 0 Å². The fraction of sp³-hybridized carbons (Fsp3) is 0.286. The normalized spacial score (nSPS) is 20.4. The van der Waals surface area contributed by atoms with E-state index in [-0.39, 0.29) is 5.92 Å². The van der Waals surface area contributed by atoms with Crippen LogP contribution in [0.15, 0.2) is 47.1 Å². The highest BCUT2D eigenvalue weighted by atomic mass is 16.5. The van der Waals surface area contributed by atoms with Gasteiger partial charge in [-0.25, -0.2) is 0 Å². The highest BCUT2D eigenvalue weighted by molar-refractivity contribution is 5.35. The molecule has 2 atom stereocenters. The van der Waals surface area contributed by atoms with Gasteiger partial charge in [0.15, 0.2) is 0 Å². The number of fused-ring (bicyclic) bond motifs is 1. The SMILES string of the molecule is OC(c1ccco1)C1COc2ccccc2C1. The molecule has 2 heterocycles. The first-order valence-electron chi connectivity index (χ1n) is 5.77. The van der Waals surface area contributed by atoms with Crippen molar-refractivity contribution in [1.29, 1.82) is 0 Å². The number of ether oxygens (including phenoxy) is 1. The summed E-state index contributed by atoms with van der Waals surface area (Å²) in [6.07, 6.45) is 1.80. The van der Waals surface area contributed by atoms with Crippen molar-refractivity contribution in [2.45, 2.75) is 12.5 Å². The Hall–Kier alpha value is -1.74. The van der Waals surface area contributed by atoms with Crippen LogP contribution in [0.1, 0.15) is 17.4 Å². The van der Waals surface area contributed by atoms with Crippen molar-refractivity contribution in [3.8, 4) is 5.75 Å². The van der Waals surface area contributed by atoms with Crippen LogP contribution in [0.25, 0.3) is 0 Å². The molecule has 1 aliphatic rings. The molecule has 1 N–H and O–H groups in total. The molecule has 0 saturated heterocycles. The van der Waals surface area contributed by atoms with Gasteiger partial charge in [0.1, 0.15) is 17.6 Å². The lowest BCUT2D eigenvalue weighted by Crippen LogP contribution is -2.26. The average Bonchev–Trinajstić information content (AvgIpc) is 2.91. The molecule has 2 aromatic rings. The number of benzene rings is 1. The molecule has 0 spiro atoms. The van der Waals surface area contributed by atoms with Crippen LogP contribution >= 0.6 is 0 Å². The molecule has 1 aromatic carbocycles. The molecule has 0 fully saturated rings. The van der Waals surface area contributed by atoms with E-state index in [9.17, 15) is 5.11 Å². The molecule has 0 saturated carbocycles. The topological polar surface area (TPSA) is 42.6 Å². The highest BCUT2D eigenvalue weighted by Crippen LogP contribution is 2.33. The lowest BCUT2D eigenvalue weighted by molar-refractivity contribution is 0.0484. The third-order valence-corrected chi connectivity index (χ3v) is 3.19. The molecule has 2 unspecified atom stereocenters. The molecule has 3 nitrogen and oxygen atoms in total. The van der Waals surface area contributed by atoms with Crippen molar-refractivity contribution in [1.82, 2.24) is 0 Å². The molecule has 3 rings (SSSR count). The summed E-state index contributed by atoms with van der Waals surface area (Å²) in [5.74, 6) is 1.59. The van der Waals surface area contributed by atoms with E-state index in [2.05, 4.69) is 0 Å². The van der Waals surface area contributed by atoms with E-state index >= 15 is 0 Å². The molecule has 1 aliphatic heterocycles. The lowest BCUT2D eigenvalue weighted by atomic mass is 9.91. The van der Waals surface area contributed by atoms with Crippen LogP contribution in [0.2, 0.25) is 0 Å². The second-order valence-electron chi connectivity index (χ2n) is 4.34. The van der Waals surface area contributed by atoms with Gasteiger partial charge in [-0.1, -0.05) is 18.2 Å². The van der Waals surface area contributed by atoms with E-state index in [1.165, 1.54) is 0 Å². The molecule has 17 heavy (non-hydrogen) atoms. The maximum absolute atomic E-state index is 10.2. The lowest BCUT2D eigenvalue weighted by Gasteiger charge is -2.27. The predicted molar refractivity (Wildman–Crippen MR) is 62.8 cm³/mol. The summed E-state index contributed by atoms with van der Waals surface area (Å²) >= 11 is 0. The summed E-state index contributed by atoms with van der Waals surface area (Å²) in [4.78, 5) is 0. The van der Waals surface area contributed by atoms with Crippen molar-refractivity contribution in [2.75, 3.05) is 6.61 Å². The van der Waals surface area contributed by atoms with Crippen molar-refractivity contribution < 1.29 is 14.3 Å². The molecule has 1 aromatic heterocycles. The van der Waals surface area contributed by atoms with E-state index in [1.54, 1.807) is 18.4 Å². The number of aliphatic hydroxyl groups is 1. The largest absolute Gasteiger partial charge is 0.493 e. The van der Waals surface area contributed by atoms with E-state index in [0.29, 0.717) is 12.4 Å². The Labute approximate surface area is 99.6 Å². The summed E-state index contributed by atoms with van der Waals surface area (Å²) < 4.78 is 10.9. The molecular formula is C14H14O3. The molecular weight excluding hydrogens is 216 g/mol. The molecule has 0 bridgehead atoms. The minimum absolute atomic E-state index is 0.0519. The van der Waals surface area contributed by atoms with E-state index < -0.39 is 6.10 Å². The van der Waals surface area contributed by atoms with Crippen LogP contribution in [0.3, 0.4) is 0 Å².